The van der Waals surface area contributed by atoms with Crippen LogP contribution in [0.3, 0.4) is 0 Å². The SMILES string of the molecule is CC(=O)O[C@H](c1c[nH]c2ccc(Cl)cc12)C(F)(F)F. The maximum Gasteiger partial charge on any atom is 0.429 e. The van der Waals surface area contributed by atoms with Gasteiger partial charge in [-0.1, -0.05) is 11.6 Å². The third kappa shape index (κ3) is 2.84. The summed E-state index contributed by atoms with van der Waals surface area (Å²) < 4.78 is 43.2. The third-order valence-electron chi connectivity index (χ3n) is 2.54. The minimum absolute atomic E-state index is 0.166. The molecular formula is C12H9ClF3NO2. The molecule has 2 rings (SSSR count). The quantitative estimate of drug-likeness (QED) is 0.850. The van der Waals surface area contributed by atoms with Crippen molar-refractivity contribution in [3.8, 4) is 0 Å². The number of halogens is 4. The van der Waals surface area contributed by atoms with Crippen LogP contribution >= 0.6 is 11.6 Å². The molecule has 0 fully saturated rings. The van der Waals surface area contributed by atoms with E-state index in [4.69, 9.17) is 11.6 Å². The van der Waals surface area contributed by atoms with Crippen molar-refractivity contribution in [1.29, 1.82) is 0 Å². The first kappa shape index (κ1) is 13.7. The molecule has 3 nitrogen and oxygen atoms in total. The van der Waals surface area contributed by atoms with Gasteiger partial charge in [0.2, 0.25) is 6.10 Å². The largest absolute Gasteiger partial charge is 0.448 e. The lowest BCUT2D eigenvalue weighted by molar-refractivity contribution is -0.222. The zero-order chi connectivity index (χ0) is 14.2. The van der Waals surface area contributed by atoms with Crippen molar-refractivity contribution in [2.24, 2.45) is 0 Å². The molecule has 0 aliphatic heterocycles. The van der Waals surface area contributed by atoms with Gasteiger partial charge in [-0.05, 0) is 18.2 Å². The maximum atomic E-state index is 12.9. The van der Waals surface area contributed by atoms with Crippen LogP contribution in [0.2, 0.25) is 5.02 Å². The van der Waals surface area contributed by atoms with Gasteiger partial charge in [-0.3, -0.25) is 4.79 Å². The third-order valence-corrected chi connectivity index (χ3v) is 2.77. The fraction of sp³-hybridized carbons (Fsp3) is 0.250. The smallest absolute Gasteiger partial charge is 0.429 e. The number of nitrogens with one attached hydrogen (secondary N) is 1. The molecule has 7 heteroatoms. The summed E-state index contributed by atoms with van der Waals surface area (Å²) in [6.07, 6.45) is -5.83. The molecule has 1 aromatic carbocycles. The number of hydrogen-bond donors (Lipinski definition) is 1. The molecule has 0 saturated carbocycles. The molecule has 0 bridgehead atoms. The fourth-order valence-corrected chi connectivity index (χ4v) is 1.98. The molecule has 2 aromatic rings. The lowest BCUT2D eigenvalue weighted by Crippen LogP contribution is -2.25. The van der Waals surface area contributed by atoms with Crippen LogP contribution < -0.4 is 0 Å². The van der Waals surface area contributed by atoms with Crippen molar-refractivity contribution >= 4 is 28.5 Å². The molecule has 0 aliphatic rings. The van der Waals surface area contributed by atoms with Crippen LogP contribution in [-0.2, 0) is 9.53 Å². The molecule has 0 spiro atoms. The van der Waals surface area contributed by atoms with E-state index in [1.54, 1.807) is 12.1 Å². The van der Waals surface area contributed by atoms with Crippen LogP contribution in [0.5, 0.6) is 0 Å². The van der Waals surface area contributed by atoms with Crippen molar-refractivity contribution < 1.29 is 22.7 Å². The fourth-order valence-electron chi connectivity index (χ4n) is 1.80. The molecule has 19 heavy (non-hydrogen) atoms. The van der Waals surface area contributed by atoms with Gasteiger partial charge in [0.1, 0.15) is 0 Å². The summed E-state index contributed by atoms with van der Waals surface area (Å²) in [5, 5.41) is 0.577. The topological polar surface area (TPSA) is 42.1 Å². The summed E-state index contributed by atoms with van der Waals surface area (Å²) in [5.74, 6) is -1.00. The highest BCUT2D eigenvalue weighted by molar-refractivity contribution is 6.31. The van der Waals surface area contributed by atoms with Gasteiger partial charge in [-0.25, -0.2) is 0 Å². The summed E-state index contributed by atoms with van der Waals surface area (Å²) in [5.41, 5.74) is 0.320. The van der Waals surface area contributed by atoms with Crippen LogP contribution in [0, 0.1) is 0 Å². The second-order valence-corrected chi connectivity index (χ2v) is 4.40. The Labute approximate surface area is 111 Å². The number of carbonyl (C=O) groups excluding carboxylic acids is 1. The summed E-state index contributed by atoms with van der Waals surface area (Å²) in [7, 11) is 0. The number of ether oxygens (including phenoxy) is 1. The van der Waals surface area contributed by atoms with Crippen LogP contribution in [0.1, 0.15) is 18.6 Å². The number of aromatic amines is 1. The van der Waals surface area contributed by atoms with Crippen molar-refractivity contribution in [3.05, 3.63) is 35.0 Å². The predicted octanol–water partition coefficient (Wildman–Crippen LogP) is 3.99. The highest BCUT2D eigenvalue weighted by Crippen LogP contribution is 2.39. The second-order valence-electron chi connectivity index (χ2n) is 3.97. The predicted molar refractivity (Wildman–Crippen MR) is 63.9 cm³/mol. The standard InChI is InChI=1S/C12H9ClF3NO2/c1-6(18)19-11(12(14,15)16)9-5-17-10-3-2-7(13)4-8(9)10/h2-5,11,17H,1H3/t11-/m1/s1. The van der Waals surface area contributed by atoms with Gasteiger partial charge in [0.25, 0.3) is 0 Å². The molecule has 0 amide bonds. The number of aromatic nitrogens is 1. The van der Waals surface area contributed by atoms with E-state index in [9.17, 15) is 18.0 Å². The van der Waals surface area contributed by atoms with Gasteiger partial charge in [-0.2, -0.15) is 13.2 Å². The van der Waals surface area contributed by atoms with E-state index in [1.807, 2.05) is 0 Å². The Bertz CT molecular complexity index is 621. The molecular weight excluding hydrogens is 283 g/mol. The van der Waals surface area contributed by atoms with E-state index >= 15 is 0 Å². The van der Waals surface area contributed by atoms with Crippen LogP contribution in [-0.4, -0.2) is 17.1 Å². The number of hydrogen-bond acceptors (Lipinski definition) is 2. The number of alkyl halides is 3. The first-order valence-corrected chi connectivity index (χ1v) is 5.67. The molecule has 0 radical (unpaired) electrons. The number of carbonyl (C=O) groups is 1. The normalized spacial score (nSPS) is 13.5. The van der Waals surface area contributed by atoms with E-state index in [-0.39, 0.29) is 10.9 Å². The monoisotopic (exact) mass is 291 g/mol. The zero-order valence-corrected chi connectivity index (χ0v) is 10.5. The molecule has 1 atom stereocenters. The number of H-pyrrole nitrogens is 1. The minimum atomic E-state index is -4.69. The number of esters is 1. The van der Waals surface area contributed by atoms with Gasteiger partial charge in [0.15, 0.2) is 0 Å². The average Bonchev–Trinajstić information content (AvgIpc) is 2.66. The molecule has 0 saturated heterocycles. The van der Waals surface area contributed by atoms with Crippen molar-refractivity contribution in [2.45, 2.75) is 19.2 Å². The molecule has 102 valence electrons. The van der Waals surface area contributed by atoms with Crippen LogP contribution in [0.4, 0.5) is 13.2 Å². The Morgan fingerprint density at radius 3 is 2.68 bits per heavy atom. The first-order valence-electron chi connectivity index (χ1n) is 5.29. The summed E-state index contributed by atoms with van der Waals surface area (Å²) >= 11 is 5.77. The molecule has 1 aromatic heterocycles. The molecule has 0 unspecified atom stereocenters. The van der Waals surface area contributed by atoms with Crippen LogP contribution in [0.15, 0.2) is 24.4 Å². The Hall–Kier alpha value is -1.69. The van der Waals surface area contributed by atoms with E-state index in [0.29, 0.717) is 10.5 Å². The van der Waals surface area contributed by atoms with Gasteiger partial charge >= 0.3 is 12.1 Å². The first-order chi connectivity index (χ1) is 8.79. The number of fused-ring (bicyclic) bond motifs is 1. The van der Waals surface area contributed by atoms with Gasteiger partial charge in [0.05, 0.1) is 0 Å². The minimum Gasteiger partial charge on any atom is -0.448 e. The zero-order valence-electron chi connectivity index (χ0n) is 9.72. The van der Waals surface area contributed by atoms with E-state index in [2.05, 4.69) is 9.72 Å². The average molecular weight is 292 g/mol. The lowest BCUT2D eigenvalue weighted by atomic mass is 10.1. The second kappa shape index (κ2) is 4.77. The summed E-state index contributed by atoms with van der Waals surface area (Å²) in [6, 6.07) is 4.51. The Morgan fingerprint density at radius 1 is 1.42 bits per heavy atom. The Balaban J connectivity index is 2.55. The van der Waals surface area contributed by atoms with E-state index < -0.39 is 18.2 Å². The maximum absolute atomic E-state index is 12.9. The van der Waals surface area contributed by atoms with Crippen LogP contribution in [0.25, 0.3) is 10.9 Å². The van der Waals surface area contributed by atoms with Gasteiger partial charge < -0.3 is 9.72 Å². The highest BCUT2D eigenvalue weighted by Gasteiger charge is 2.44. The highest BCUT2D eigenvalue weighted by atomic mass is 35.5. The summed E-state index contributed by atoms with van der Waals surface area (Å²) in [4.78, 5) is 13.5. The number of benzene rings is 1. The molecule has 0 aliphatic carbocycles. The van der Waals surface area contributed by atoms with Gasteiger partial charge in [0, 0.05) is 34.6 Å². The molecule has 1 heterocycles. The summed E-state index contributed by atoms with van der Waals surface area (Å²) in [6.45, 7) is 0.931. The Kier molecular flexibility index (Phi) is 3.45. The lowest BCUT2D eigenvalue weighted by Gasteiger charge is -2.19. The molecule has 1 N–H and O–H groups in total. The van der Waals surface area contributed by atoms with Crippen molar-refractivity contribution in [3.63, 3.8) is 0 Å². The van der Waals surface area contributed by atoms with E-state index in [0.717, 1.165) is 6.92 Å². The van der Waals surface area contributed by atoms with Crippen molar-refractivity contribution in [1.82, 2.24) is 4.98 Å². The van der Waals surface area contributed by atoms with Gasteiger partial charge in [-0.15, -0.1) is 0 Å². The van der Waals surface area contributed by atoms with E-state index in [1.165, 1.54) is 12.3 Å². The van der Waals surface area contributed by atoms with Crippen molar-refractivity contribution in [2.75, 3.05) is 0 Å². The Morgan fingerprint density at radius 2 is 2.11 bits per heavy atom. The number of rotatable bonds is 2.